The van der Waals surface area contributed by atoms with Gasteiger partial charge < -0.3 is 20.2 Å². The van der Waals surface area contributed by atoms with E-state index >= 15 is 0 Å². The average Bonchev–Trinajstić information content (AvgIpc) is 2.94. The Kier molecular flexibility index (Phi) is 11.5. The number of methoxy groups -OCH3 is 2. The predicted octanol–water partition coefficient (Wildman–Crippen LogP) is 5.06. The molecule has 0 aliphatic carbocycles. The van der Waals surface area contributed by atoms with E-state index in [0.717, 1.165) is 67.1 Å². The van der Waals surface area contributed by atoms with E-state index in [9.17, 15) is 4.79 Å². The average molecular weight is 502 g/mol. The lowest BCUT2D eigenvalue weighted by Gasteiger charge is -2.07. The van der Waals surface area contributed by atoms with Crippen molar-refractivity contribution in [3.8, 4) is 11.5 Å². The van der Waals surface area contributed by atoms with E-state index in [2.05, 4.69) is 26.4 Å². The molecule has 0 radical (unpaired) electrons. The van der Waals surface area contributed by atoms with E-state index in [1.165, 1.54) is 0 Å². The van der Waals surface area contributed by atoms with Crippen molar-refractivity contribution in [3.05, 3.63) is 89.5 Å². The van der Waals surface area contributed by atoms with Crippen LogP contribution in [0.5, 0.6) is 11.5 Å². The van der Waals surface area contributed by atoms with Gasteiger partial charge in [-0.05, 0) is 72.5 Å². The summed E-state index contributed by atoms with van der Waals surface area (Å²) in [4.78, 5) is 12.3. The molecule has 8 heteroatoms. The van der Waals surface area contributed by atoms with Crippen molar-refractivity contribution in [2.45, 2.75) is 25.7 Å². The molecule has 0 saturated heterocycles. The lowest BCUT2D eigenvalue weighted by Crippen LogP contribution is -2.17. The first-order chi connectivity index (χ1) is 18.2. The third-order valence-electron chi connectivity index (χ3n) is 5.56. The minimum absolute atomic E-state index is 0.257. The second kappa shape index (κ2) is 15.6. The second-order valence-corrected chi connectivity index (χ2v) is 8.34. The standard InChI is InChI=1S/C29H35N5O3/c1-36-27-11-7-9-23(19-27)21-32-31-18-6-4-3-5-17-30-26-15-13-25(14-16-26)29(35)34-33-22-24-10-8-12-28(20-24)37-2/h7-16,19-22,30-31H,3-6,17-18H2,1-2H3,(H,34,35). The summed E-state index contributed by atoms with van der Waals surface area (Å²) >= 11 is 0. The molecule has 37 heavy (non-hydrogen) atoms. The van der Waals surface area contributed by atoms with Crippen molar-refractivity contribution in [2.75, 3.05) is 32.6 Å². The molecule has 0 fully saturated rings. The Morgan fingerprint density at radius 2 is 1.35 bits per heavy atom. The summed E-state index contributed by atoms with van der Waals surface area (Å²) in [5.41, 5.74) is 9.03. The van der Waals surface area contributed by atoms with Crippen LogP contribution in [0.4, 0.5) is 5.69 Å². The molecule has 3 N–H and O–H groups in total. The number of hydrogen-bond acceptors (Lipinski definition) is 7. The number of rotatable bonds is 15. The van der Waals surface area contributed by atoms with Crippen LogP contribution in [0.3, 0.4) is 0 Å². The van der Waals surface area contributed by atoms with Gasteiger partial charge in [0.05, 0.1) is 26.6 Å². The van der Waals surface area contributed by atoms with E-state index in [4.69, 9.17) is 9.47 Å². The number of carbonyl (C=O) groups excluding carboxylic acids is 1. The maximum Gasteiger partial charge on any atom is 0.271 e. The fourth-order valence-electron chi connectivity index (χ4n) is 3.51. The van der Waals surface area contributed by atoms with Crippen molar-refractivity contribution >= 4 is 24.0 Å². The van der Waals surface area contributed by atoms with Crippen LogP contribution in [0.25, 0.3) is 0 Å². The van der Waals surface area contributed by atoms with Gasteiger partial charge in [0.2, 0.25) is 0 Å². The number of hydrazone groups is 2. The highest BCUT2D eigenvalue weighted by molar-refractivity contribution is 5.95. The van der Waals surface area contributed by atoms with Crippen molar-refractivity contribution < 1.29 is 14.3 Å². The first-order valence-electron chi connectivity index (χ1n) is 12.4. The molecule has 0 spiro atoms. The number of ether oxygens (including phenoxy) is 2. The highest BCUT2D eigenvalue weighted by atomic mass is 16.5. The largest absolute Gasteiger partial charge is 0.497 e. The molecule has 0 bridgehead atoms. The van der Waals surface area contributed by atoms with Crippen molar-refractivity contribution in [1.29, 1.82) is 0 Å². The van der Waals surface area contributed by atoms with Crippen LogP contribution in [-0.4, -0.2) is 45.6 Å². The Hall–Kier alpha value is -4.33. The van der Waals surface area contributed by atoms with Crippen LogP contribution in [0.1, 0.15) is 47.2 Å². The Morgan fingerprint density at radius 3 is 1.97 bits per heavy atom. The summed E-state index contributed by atoms with van der Waals surface area (Å²) in [5.74, 6) is 1.30. The molecule has 3 aromatic carbocycles. The van der Waals surface area contributed by atoms with Crippen molar-refractivity contribution in [1.82, 2.24) is 10.9 Å². The lowest BCUT2D eigenvalue weighted by atomic mass is 10.1. The summed E-state index contributed by atoms with van der Waals surface area (Å²) in [6, 6.07) is 22.6. The van der Waals surface area contributed by atoms with Crippen LogP contribution in [-0.2, 0) is 0 Å². The van der Waals surface area contributed by atoms with E-state index in [1.54, 1.807) is 38.8 Å². The minimum atomic E-state index is -0.257. The zero-order chi connectivity index (χ0) is 26.1. The Morgan fingerprint density at radius 1 is 0.757 bits per heavy atom. The number of hydrogen-bond donors (Lipinski definition) is 3. The number of carbonyl (C=O) groups is 1. The zero-order valence-corrected chi connectivity index (χ0v) is 21.4. The fraction of sp³-hybridized carbons (Fsp3) is 0.276. The summed E-state index contributed by atoms with van der Waals surface area (Å²) in [7, 11) is 3.27. The Balaban J connectivity index is 1.25. The van der Waals surface area contributed by atoms with Crippen molar-refractivity contribution in [2.24, 2.45) is 10.2 Å². The SMILES string of the molecule is COc1cccc(C=NNCCCCCCNc2ccc(C(=O)NN=Cc3cccc(OC)c3)cc2)c1. The van der Waals surface area contributed by atoms with Gasteiger partial charge in [0.1, 0.15) is 11.5 Å². The normalized spacial score (nSPS) is 11.0. The zero-order valence-electron chi connectivity index (χ0n) is 21.4. The maximum atomic E-state index is 12.3. The summed E-state index contributed by atoms with van der Waals surface area (Å²) in [6.45, 7) is 1.73. The molecule has 3 aromatic rings. The van der Waals surface area contributed by atoms with E-state index in [1.807, 2.05) is 60.7 Å². The van der Waals surface area contributed by atoms with Crippen LogP contribution in [0, 0.1) is 0 Å². The molecule has 3 rings (SSSR count). The lowest BCUT2D eigenvalue weighted by molar-refractivity contribution is 0.0955. The molecule has 0 aliphatic heterocycles. The van der Waals surface area contributed by atoms with Crippen molar-refractivity contribution in [3.63, 3.8) is 0 Å². The second-order valence-electron chi connectivity index (χ2n) is 8.34. The molecule has 0 aliphatic rings. The molecule has 8 nitrogen and oxygen atoms in total. The van der Waals surface area contributed by atoms with Gasteiger partial charge in [-0.15, -0.1) is 0 Å². The van der Waals surface area contributed by atoms with Crippen LogP contribution in [0.2, 0.25) is 0 Å². The van der Waals surface area contributed by atoms with E-state index < -0.39 is 0 Å². The van der Waals surface area contributed by atoms with Gasteiger partial charge in [0.25, 0.3) is 5.91 Å². The number of nitrogens with one attached hydrogen (secondary N) is 3. The third kappa shape index (κ3) is 10.0. The molecule has 1 amide bonds. The quantitative estimate of drug-likeness (QED) is 0.154. The van der Waals surface area contributed by atoms with E-state index in [0.29, 0.717) is 5.56 Å². The smallest absolute Gasteiger partial charge is 0.271 e. The highest BCUT2D eigenvalue weighted by Crippen LogP contribution is 2.12. The monoisotopic (exact) mass is 501 g/mol. The van der Waals surface area contributed by atoms with Gasteiger partial charge >= 0.3 is 0 Å². The number of unbranched alkanes of at least 4 members (excludes halogenated alkanes) is 3. The predicted molar refractivity (Wildman–Crippen MR) is 150 cm³/mol. The van der Waals surface area contributed by atoms with Crippen LogP contribution >= 0.6 is 0 Å². The van der Waals surface area contributed by atoms with Gasteiger partial charge in [0, 0.05) is 24.3 Å². The number of nitrogens with zero attached hydrogens (tertiary/aromatic N) is 2. The van der Waals surface area contributed by atoms with Gasteiger partial charge in [-0.1, -0.05) is 37.1 Å². The molecule has 0 aromatic heterocycles. The molecule has 194 valence electrons. The Labute approximate surface area is 218 Å². The number of benzene rings is 3. The molecular weight excluding hydrogens is 466 g/mol. The molecular formula is C29H35N5O3. The number of amides is 1. The Bertz CT molecular complexity index is 1160. The molecule has 0 saturated carbocycles. The van der Waals surface area contributed by atoms with Gasteiger partial charge in [-0.2, -0.15) is 10.2 Å². The third-order valence-corrected chi connectivity index (χ3v) is 5.56. The molecule has 0 heterocycles. The maximum absolute atomic E-state index is 12.3. The van der Waals surface area contributed by atoms with Gasteiger partial charge in [0.15, 0.2) is 0 Å². The highest BCUT2D eigenvalue weighted by Gasteiger charge is 2.04. The molecule has 0 unspecified atom stereocenters. The topological polar surface area (TPSA) is 96.3 Å². The van der Waals surface area contributed by atoms with Gasteiger partial charge in [-0.25, -0.2) is 5.43 Å². The van der Waals surface area contributed by atoms with Gasteiger partial charge in [-0.3, -0.25) is 4.79 Å². The van der Waals surface area contributed by atoms with Crippen LogP contribution < -0.4 is 25.6 Å². The van der Waals surface area contributed by atoms with E-state index in [-0.39, 0.29) is 5.91 Å². The first kappa shape index (κ1) is 27.3. The fourth-order valence-corrected chi connectivity index (χ4v) is 3.51. The number of anilines is 1. The summed E-state index contributed by atoms with van der Waals surface area (Å²) in [5, 5.41) is 11.7. The summed E-state index contributed by atoms with van der Waals surface area (Å²) < 4.78 is 10.4. The minimum Gasteiger partial charge on any atom is -0.497 e. The van der Waals surface area contributed by atoms with Crippen LogP contribution in [0.15, 0.2) is 83.0 Å². The summed E-state index contributed by atoms with van der Waals surface area (Å²) in [6.07, 6.45) is 7.81. The first-order valence-corrected chi connectivity index (χ1v) is 12.4. The molecule has 0 atom stereocenters.